The summed E-state index contributed by atoms with van der Waals surface area (Å²) >= 11 is 1.34. The number of nitrogens with zero attached hydrogens (tertiary/aromatic N) is 2. The van der Waals surface area contributed by atoms with Gasteiger partial charge >= 0.3 is 6.03 Å². The molecule has 1 aromatic heterocycles. The van der Waals surface area contributed by atoms with Gasteiger partial charge in [-0.15, -0.1) is 0 Å². The van der Waals surface area contributed by atoms with Gasteiger partial charge in [0.05, 0.1) is 16.3 Å². The largest absolute Gasteiger partial charge is 0.351 e. The van der Waals surface area contributed by atoms with Crippen LogP contribution in [0.25, 0.3) is 11.0 Å². The molecule has 24 heavy (non-hydrogen) atoms. The van der Waals surface area contributed by atoms with Gasteiger partial charge in [-0.3, -0.25) is 10.1 Å². The van der Waals surface area contributed by atoms with Crippen molar-refractivity contribution in [3.05, 3.63) is 24.3 Å². The fourth-order valence-electron chi connectivity index (χ4n) is 2.49. The van der Waals surface area contributed by atoms with Crippen molar-refractivity contribution in [3.8, 4) is 0 Å². The van der Waals surface area contributed by atoms with Crippen LogP contribution < -0.4 is 11.1 Å². The van der Waals surface area contributed by atoms with E-state index in [0.717, 1.165) is 29.2 Å². The molecule has 3 N–H and O–H groups in total. The first kappa shape index (κ1) is 18.3. The van der Waals surface area contributed by atoms with Crippen LogP contribution in [0.3, 0.4) is 0 Å². The number of unbranched alkanes of at least 4 members (excludes halogenated alkanes) is 3. The van der Waals surface area contributed by atoms with Gasteiger partial charge in [-0.2, -0.15) is 0 Å². The third-order valence-corrected chi connectivity index (χ3v) is 4.84. The van der Waals surface area contributed by atoms with Crippen LogP contribution in [0.5, 0.6) is 0 Å². The summed E-state index contributed by atoms with van der Waals surface area (Å²) in [5, 5.41) is 2.45. The molecule has 0 fully saturated rings. The Bertz CT molecular complexity index is 714. The quantitative estimate of drug-likeness (QED) is 0.566. The predicted octanol–water partition coefficient (Wildman–Crippen LogP) is 3.29. The molecule has 0 radical (unpaired) electrons. The number of nitrogens with two attached hydrogens (primary N) is 1. The van der Waals surface area contributed by atoms with Gasteiger partial charge in [0.25, 0.3) is 0 Å². The molecule has 1 atom stereocenters. The van der Waals surface area contributed by atoms with Crippen molar-refractivity contribution in [1.29, 1.82) is 0 Å². The molecular weight excluding hydrogens is 324 g/mol. The minimum absolute atomic E-state index is 0.405. The van der Waals surface area contributed by atoms with Gasteiger partial charge in [0, 0.05) is 6.54 Å². The number of imide groups is 1. The number of hydrogen-bond donors (Lipinski definition) is 2. The van der Waals surface area contributed by atoms with Crippen molar-refractivity contribution in [2.24, 2.45) is 5.73 Å². The van der Waals surface area contributed by atoms with Crippen molar-refractivity contribution in [2.45, 2.75) is 56.5 Å². The molecule has 0 bridgehead atoms. The minimum Gasteiger partial charge on any atom is -0.351 e. The lowest BCUT2D eigenvalue weighted by molar-refractivity contribution is -0.119. The molecule has 7 heteroatoms. The number of fused-ring (bicyclic) bond motifs is 1. The van der Waals surface area contributed by atoms with Gasteiger partial charge < -0.3 is 10.3 Å². The highest BCUT2D eigenvalue weighted by molar-refractivity contribution is 8.00. The highest BCUT2D eigenvalue weighted by atomic mass is 32.2. The zero-order chi connectivity index (χ0) is 17.5. The molecule has 0 saturated carbocycles. The van der Waals surface area contributed by atoms with Crippen LogP contribution >= 0.6 is 11.8 Å². The molecule has 6 nitrogen and oxygen atoms in total. The molecule has 0 aliphatic heterocycles. The summed E-state index contributed by atoms with van der Waals surface area (Å²) in [7, 11) is 0. The van der Waals surface area contributed by atoms with E-state index in [2.05, 4.69) is 21.8 Å². The van der Waals surface area contributed by atoms with Gasteiger partial charge in [-0.25, -0.2) is 9.78 Å². The van der Waals surface area contributed by atoms with E-state index in [-0.39, 0.29) is 0 Å². The number of para-hydroxylation sites is 2. The number of imidazole rings is 1. The van der Waals surface area contributed by atoms with Gasteiger partial charge in [0.15, 0.2) is 5.16 Å². The summed E-state index contributed by atoms with van der Waals surface area (Å²) < 4.78 is 2.16. The van der Waals surface area contributed by atoms with Crippen LogP contribution in [-0.4, -0.2) is 26.7 Å². The number of rotatable bonds is 8. The number of benzene rings is 1. The SMILES string of the molecule is CCCCCCn1c(S[C@H](C)C(=O)NC(N)=O)nc2ccccc21. The zero-order valence-corrected chi connectivity index (χ0v) is 14.9. The molecule has 2 rings (SSSR count). The average molecular weight is 348 g/mol. The number of amides is 3. The lowest BCUT2D eigenvalue weighted by Gasteiger charge is -2.12. The second kappa shape index (κ2) is 8.73. The number of nitrogens with one attached hydrogen (secondary N) is 1. The first-order valence-electron chi connectivity index (χ1n) is 8.25. The Hall–Kier alpha value is -2.02. The van der Waals surface area contributed by atoms with E-state index in [4.69, 9.17) is 5.73 Å². The Morgan fingerprint density at radius 2 is 2.04 bits per heavy atom. The van der Waals surface area contributed by atoms with Crippen molar-refractivity contribution in [2.75, 3.05) is 0 Å². The van der Waals surface area contributed by atoms with Crippen molar-refractivity contribution in [3.63, 3.8) is 0 Å². The van der Waals surface area contributed by atoms with E-state index >= 15 is 0 Å². The van der Waals surface area contributed by atoms with Crippen molar-refractivity contribution in [1.82, 2.24) is 14.9 Å². The number of thioether (sulfide) groups is 1. The number of aryl methyl sites for hydroxylation is 1. The number of primary amides is 1. The summed E-state index contributed by atoms with van der Waals surface area (Å²) in [6.45, 7) is 4.80. The molecule has 0 aliphatic rings. The van der Waals surface area contributed by atoms with Crippen LogP contribution in [0.2, 0.25) is 0 Å². The Morgan fingerprint density at radius 1 is 1.29 bits per heavy atom. The van der Waals surface area contributed by atoms with Crippen molar-refractivity contribution < 1.29 is 9.59 Å². The molecular formula is C17H24N4O2S. The number of carbonyl (C=O) groups excluding carboxylic acids is 2. The number of urea groups is 1. The molecule has 3 amide bonds. The highest BCUT2D eigenvalue weighted by Gasteiger charge is 2.20. The number of hydrogen-bond acceptors (Lipinski definition) is 4. The third kappa shape index (κ3) is 4.74. The van der Waals surface area contributed by atoms with E-state index < -0.39 is 17.2 Å². The monoisotopic (exact) mass is 348 g/mol. The molecule has 1 heterocycles. The number of aromatic nitrogens is 2. The fraction of sp³-hybridized carbons (Fsp3) is 0.471. The van der Waals surface area contributed by atoms with E-state index in [0.29, 0.717) is 0 Å². The lowest BCUT2D eigenvalue weighted by atomic mass is 10.2. The molecule has 0 unspecified atom stereocenters. The van der Waals surface area contributed by atoms with Gasteiger partial charge in [-0.1, -0.05) is 50.1 Å². The fourth-order valence-corrected chi connectivity index (χ4v) is 3.44. The minimum atomic E-state index is -0.833. The Balaban J connectivity index is 2.18. The maximum atomic E-state index is 11.9. The van der Waals surface area contributed by atoms with Gasteiger partial charge in [-0.05, 0) is 25.5 Å². The third-order valence-electron chi connectivity index (χ3n) is 3.75. The van der Waals surface area contributed by atoms with E-state index in [9.17, 15) is 9.59 Å². The van der Waals surface area contributed by atoms with E-state index in [1.165, 1.54) is 31.0 Å². The van der Waals surface area contributed by atoms with Gasteiger partial charge in [0.2, 0.25) is 5.91 Å². The summed E-state index contributed by atoms with van der Waals surface area (Å²) in [6.07, 6.45) is 4.65. The van der Waals surface area contributed by atoms with Crippen LogP contribution in [0.4, 0.5) is 4.79 Å². The molecule has 0 spiro atoms. The molecule has 2 aromatic rings. The zero-order valence-electron chi connectivity index (χ0n) is 14.1. The second-order valence-electron chi connectivity index (χ2n) is 5.71. The maximum absolute atomic E-state index is 11.9. The van der Waals surface area contributed by atoms with Crippen LogP contribution in [-0.2, 0) is 11.3 Å². The Labute approximate surface area is 146 Å². The predicted molar refractivity (Wildman–Crippen MR) is 96.9 cm³/mol. The van der Waals surface area contributed by atoms with Crippen LogP contribution in [0.15, 0.2) is 29.4 Å². The van der Waals surface area contributed by atoms with Crippen molar-refractivity contribution >= 4 is 34.7 Å². The standard InChI is InChI=1S/C17H24N4O2S/c1-3-4-5-8-11-21-14-10-7-6-9-13(14)19-17(21)24-12(2)15(22)20-16(18)23/h6-7,9-10,12H,3-5,8,11H2,1-2H3,(H3,18,20,22,23)/t12-/m1/s1. The summed E-state index contributed by atoms with van der Waals surface area (Å²) in [4.78, 5) is 27.4. The Morgan fingerprint density at radius 3 is 2.75 bits per heavy atom. The Kier molecular flexibility index (Phi) is 6.66. The molecule has 0 saturated heterocycles. The van der Waals surface area contributed by atoms with Gasteiger partial charge in [0.1, 0.15) is 0 Å². The summed E-state index contributed by atoms with van der Waals surface area (Å²) in [5.74, 6) is -0.405. The maximum Gasteiger partial charge on any atom is 0.318 e. The first-order valence-corrected chi connectivity index (χ1v) is 9.13. The molecule has 130 valence electrons. The van der Waals surface area contributed by atoms with Crippen LogP contribution in [0, 0.1) is 0 Å². The first-order chi connectivity index (χ1) is 11.5. The second-order valence-corrected chi connectivity index (χ2v) is 7.02. The van der Waals surface area contributed by atoms with Crippen LogP contribution in [0.1, 0.15) is 39.5 Å². The molecule has 1 aromatic carbocycles. The summed E-state index contributed by atoms with van der Waals surface area (Å²) in [6, 6.07) is 7.12. The summed E-state index contributed by atoms with van der Waals surface area (Å²) in [5.41, 5.74) is 6.99. The molecule has 0 aliphatic carbocycles. The lowest BCUT2D eigenvalue weighted by Crippen LogP contribution is -2.39. The van der Waals surface area contributed by atoms with E-state index in [1.54, 1.807) is 6.92 Å². The smallest absolute Gasteiger partial charge is 0.318 e. The number of carbonyl (C=O) groups is 2. The van der Waals surface area contributed by atoms with E-state index in [1.807, 2.05) is 24.3 Å². The topological polar surface area (TPSA) is 90.0 Å². The normalized spacial score (nSPS) is 12.2. The average Bonchev–Trinajstić information content (AvgIpc) is 2.88. The highest BCUT2D eigenvalue weighted by Crippen LogP contribution is 2.28.